The quantitative estimate of drug-likeness (QED) is 0.762. The number of methoxy groups -OCH3 is 1. The summed E-state index contributed by atoms with van der Waals surface area (Å²) < 4.78 is 5.28. The molecule has 1 atom stereocenters. The van der Waals surface area contributed by atoms with Crippen LogP contribution in [0, 0.1) is 5.92 Å². The van der Waals surface area contributed by atoms with Gasteiger partial charge in [0.1, 0.15) is 0 Å². The average molecular weight is 256 g/mol. The van der Waals surface area contributed by atoms with Crippen LogP contribution >= 0.6 is 0 Å². The zero-order chi connectivity index (χ0) is 13.6. The van der Waals surface area contributed by atoms with E-state index in [1.165, 1.54) is 32.1 Å². The van der Waals surface area contributed by atoms with Crippen molar-refractivity contribution < 1.29 is 9.53 Å². The standard InChI is InChI=1S/C14H28N2O2/c1-14(2,18-3)9-13(17)16-12(10-15)11-7-5-4-6-8-11/h11-12H,4-10,15H2,1-3H3,(H,16,17). The highest BCUT2D eigenvalue weighted by atomic mass is 16.5. The molecule has 0 aliphatic heterocycles. The third-order valence-corrected chi connectivity index (χ3v) is 3.96. The summed E-state index contributed by atoms with van der Waals surface area (Å²) in [6.45, 7) is 4.37. The zero-order valence-electron chi connectivity index (χ0n) is 12.0. The van der Waals surface area contributed by atoms with Gasteiger partial charge < -0.3 is 15.8 Å². The van der Waals surface area contributed by atoms with Crippen LogP contribution < -0.4 is 11.1 Å². The van der Waals surface area contributed by atoms with E-state index in [0.29, 0.717) is 18.9 Å². The molecule has 1 rings (SSSR count). The van der Waals surface area contributed by atoms with Crippen LogP contribution in [-0.4, -0.2) is 31.2 Å². The van der Waals surface area contributed by atoms with E-state index in [2.05, 4.69) is 5.32 Å². The summed E-state index contributed by atoms with van der Waals surface area (Å²) in [6.07, 6.45) is 6.61. The summed E-state index contributed by atoms with van der Waals surface area (Å²) in [5.74, 6) is 0.598. The maximum Gasteiger partial charge on any atom is 0.223 e. The Morgan fingerprint density at radius 1 is 1.39 bits per heavy atom. The van der Waals surface area contributed by atoms with Crippen LogP contribution in [0.2, 0.25) is 0 Å². The number of carbonyl (C=O) groups excluding carboxylic acids is 1. The van der Waals surface area contributed by atoms with Gasteiger partial charge in [0, 0.05) is 19.7 Å². The maximum atomic E-state index is 12.0. The summed E-state index contributed by atoms with van der Waals surface area (Å²) in [6, 6.07) is 0.130. The second kappa shape index (κ2) is 7.10. The van der Waals surface area contributed by atoms with Gasteiger partial charge in [0.25, 0.3) is 0 Å². The number of hydrogen-bond acceptors (Lipinski definition) is 3. The minimum absolute atomic E-state index is 0.0443. The molecule has 0 radical (unpaired) electrons. The lowest BCUT2D eigenvalue weighted by molar-refractivity contribution is -0.127. The van der Waals surface area contributed by atoms with Gasteiger partial charge in [0.2, 0.25) is 5.91 Å². The topological polar surface area (TPSA) is 64.3 Å². The fourth-order valence-electron chi connectivity index (χ4n) is 2.62. The monoisotopic (exact) mass is 256 g/mol. The SMILES string of the molecule is COC(C)(C)CC(=O)NC(CN)C1CCCCC1. The minimum atomic E-state index is -0.407. The van der Waals surface area contributed by atoms with Crippen molar-refractivity contribution in [2.75, 3.05) is 13.7 Å². The Labute approximate surface area is 111 Å². The molecule has 4 heteroatoms. The van der Waals surface area contributed by atoms with Gasteiger partial charge in [-0.3, -0.25) is 4.79 Å². The van der Waals surface area contributed by atoms with Crippen LogP contribution in [0.5, 0.6) is 0 Å². The Balaban J connectivity index is 2.44. The molecule has 0 aromatic heterocycles. The smallest absolute Gasteiger partial charge is 0.223 e. The van der Waals surface area contributed by atoms with Crippen LogP contribution in [0.15, 0.2) is 0 Å². The third kappa shape index (κ3) is 4.94. The highest BCUT2D eigenvalue weighted by molar-refractivity contribution is 5.77. The molecule has 0 bridgehead atoms. The van der Waals surface area contributed by atoms with Crippen molar-refractivity contribution in [3.8, 4) is 0 Å². The van der Waals surface area contributed by atoms with E-state index in [-0.39, 0.29) is 11.9 Å². The summed E-state index contributed by atoms with van der Waals surface area (Å²) in [4.78, 5) is 12.0. The predicted molar refractivity (Wildman–Crippen MR) is 73.3 cm³/mol. The number of rotatable bonds is 6. The Bertz CT molecular complexity index is 261. The van der Waals surface area contributed by atoms with E-state index in [0.717, 1.165) is 0 Å². The third-order valence-electron chi connectivity index (χ3n) is 3.96. The fourth-order valence-corrected chi connectivity index (χ4v) is 2.62. The van der Waals surface area contributed by atoms with E-state index in [1.54, 1.807) is 7.11 Å². The largest absolute Gasteiger partial charge is 0.378 e. The molecular formula is C14H28N2O2. The average Bonchev–Trinajstić information content (AvgIpc) is 2.36. The van der Waals surface area contributed by atoms with Gasteiger partial charge >= 0.3 is 0 Å². The molecule has 18 heavy (non-hydrogen) atoms. The van der Waals surface area contributed by atoms with Gasteiger partial charge in [-0.2, -0.15) is 0 Å². The van der Waals surface area contributed by atoms with Crippen molar-refractivity contribution in [2.24, 2.45) is 11.7 Å². The minimum Gasteiger partial charge on any atom is -0.378 e. The predicted octanol–water partition coefficient (Wildman–Crippen LogP) is 1.83. The lowest BCUT2D eigenvalue weighted by Crippen LogP contribution is -2.47. The molecule has 1 aliphatic carbocycles. The molecule has 1 unspecified atom stereocenters. The van der Waals surface area contributed by atoms with Crippen molar-refractivity contribution in [1.29, 1.82) is 0 Å². The van der Waals surface area contributed by atoms with Gasteiger partial charge in [0.05, 0.1) is 12.0 Å². The molecule has 0 aromatic rings. The molecule has 0 spiro atoms. The molecule has 4 nitrogen and oxygen atoms in total. The molecule has 3 N–H and O–H groups in total. The van der Waals surface area contributed by atoms with Crippen LogP contribution in [0.1, 0.15) is 52.4 Å². The number of nitrogens with two attached hydrogens (primary N) is 1. The van der Waals surface area contributed by atoms with Crippen molar-refractivity contribution in [1.82, 2.24) is 5.32 Å². The Morgan fingerprint density at radius 2 is 2.00 bits per heavy atom. The summed E-state index contributed by atoms with van der Waals surface area (Å²) in [5, 5.41) is 3.08. The molecule has 0 heterocycles. The first-order valence-electron chi connectivity index (χ1n) is 7.03. The van der Waals surface area contributed by atoms with Gasteiger partial charge in [-0.15, -0.1) is 0 Å². The second-order valence-corrected chi connectivity index (χ2v) is 5.95. The number of carbonyl (C=O) groups is 1. The van der Waals surface area contributed by atoms with E-state index in [4.69, 9.17) is 10.5 Å². The molecule has 106 valence electrons. The molecule has 0 aromatic carbocycles. The Kier molecular flexibility index (Phi) is 6.09. The zero-order valence-corrected chi connectivity index (χ0v) is 12.0. The molecule has 0 saturated heterocycles. The normalized spacial score (nSPS) is 19.6. The van der Waals surface area contributed by atoms with E-state index >= 15 is 0 Å². The first-order chi connectivity index (χ1) is 8.48. The van der Waals surface area contributed by atoms with E-state index < -0.39 is 5.60 Å². The van der Waals surface area contributed by atoms with Crippen LogP contribution in [-0.2, 0) is 9.53 Å². The number of nitrogens with one attached hydrogen (secondary N) is 1. The lowest BCUT2D eigenvalue weighted by Gasteiger charge is -2.31. The highest BCUT2D eigenvalue weighted by Gasteiger charge is 2.26. The molecular weight excluding hydrogens is 228 g/mol. The van der Waals surface area contributed by atoms with Crippen LogP contribution in [0.25, 0.3) is 0 Å². The molecule has 1 fully saturated rings. The Hall–Kier alpha value is -0.610. The molecule has 1 aliphatic rings. The van der Waals surface area contributed by atoms with Crippen molar-refractivity contribution in [3.63, 3.8) is 0 Å². The first kappa shape index (κ1) is 15.4. The lowest BCUT2D eigenvalue weighted by atomic mass is 9.83. The molecule has 1 amide bonds. The van der Waals surface area contributed by atoms with Crippen molar-refractivity contribution >= 4 is 5.91 Å². The van der Waals surface area contributed by atoms with Gasteiger partial charge in [-0.1, -0.05) is 19.3 Å². The Morgan fingerprint density at radius 3 is 2.50 bits per heavy atom. The summed E-state index contributed by atoms with van der Waals surface area (Å²) in [7, 11) is 1.63. The van der Waals surface area contributed by atoms with Gasteiger partial charge in [-0.05, 0) is 32.6 Å². The van der Waals surface area contributed by atoms with E-state index in [9.17, 15) is 4.79 Å². The van der Waals surface area contributed by atoms with E-state index in [1.807, 2.05) is 13.8 Å². The number of amides is 1. The van der Waals surface area contributed by atoms with Gasteiger partial charge in [0.15, 0.2) is 0 Å². The number of ether oxygens (including phenoxy) is 1. The molecule has 1 saturated carbocycles. The second-order valence-electron chi connectivity index (χ2n) is 5.95. The van der Waals surface area contributed by atoms with Crippen LogP contribution in [0.4, 0.5) is 0 Å². The first-order valence-corrected chi connectivity index (χ1v) is 7.03. The maximum absolute atomic E-state index is 12.0. The van der Waals surface area contributed by atoms with Crippen LogP contribution in [0.3, 0.4) is 0 Å². The van der Waals surface area contributed by atoms with Crippen molar-refractivity contribution in [3.05, 3.63) is 0 Å². The summed E-state index contributed by atoms with van der Waals surface area (Å²) >= 11 is 0. The number of hydrogen-bond donors (Lipinski definition) is 2. The fraction of sp³-hybridized carbons (Fsp3) is 0.929. The highest BCUT2D eigenvalue weighted by Crippen LogP contribution is 2.26. The summed E-state index contributed by atoms with van der Waals surface area (Å²) in [5.41, 5.74) is 5.40. The van der Waals surface area contributed by atoms with Gasteiger partial charge in [-0.25, -0.2) is 0 Å². The van der Waals surface area contributed by atoms with Crippen molar-refractivity contribution in [2.45, 2.75) is 64.0 Å².